The van der Waals surface area contributed by atoms with Gasteiger partial charge in [0.2, 0.25) is 0 Å². The Hall–Kier alpha value is -1.71. The molecule has 0 unspecified atom stereocenters. The average Bonchev–Trinajstić information content (AvgIpc) is 2.54. The maximum absolute atomic E-state index is 6.00. The zero-order valence-electron chi connectivity index (χ0n) is 12.8. The summed E-state index contributed by atoms with van der Waals surface area (Å²) in [6.45, 7) is 3.68. The van der Waals surface area contributed by atoms with E-state index in [1.807, 2.05) is 30.3 Å². The van der Waals surface area contributed by atoms with Crippen molar-refractivity contribution in [2.45, 2.75) is 19.8 Å². The predicted octanol–water partition coefficient (Wildman–Crippen LogP) is 3.86. The van der Waals surface area contributed by atoms with Crippen LogP contribution in [0.25, 0.3) is 0 Å². The number of halogens is 1. The number of nitrogens with two attached hydrogens (primary N) is 1. The lowest BCUT2D eigenvalue weighted by atomic mass is 10.1. The van der Waals surface area contributed by atoms with Crippen LogP contribution in [0.15, 0.2) is 42.5 Å². The molecule has 0 heterocycles. The van der Waals surface area contributed by atoms with E-state index in [2.05, 4.69) is 19.1 Å². The molecule has 2 aromatic rings. The quantitative estimate of drug-likeness (QED) is 0.751. The molecule has 0 spiro atoms. The van der Waals surface area contributed by atoms with Crippen LogP contribution in [0.3, 0.4) is 0 Å². The monoisotopic (exact) mass is 319 g/mol. The average molecular weight is 320 g/mol. The van der Waals surface area contributed by atoms with Gasteiger partial charge in [-0.25, -0.2) is 0 Å². The van der Waals surface area contributed by atoms with Crippen LogP contribution in [0.5, 0.6) is 11.5 Å². The van der Waals surface area contributed by atoms with Crippen molar-refractivity contribution in [3.05, 3.63) is 58.6 Å². The van der Waals surface area contributed by atoms with Crippen molar-refractivity contribution in [1.82, 2.24) is 0 Å². The molecule has 0 aliphatic carbocycles. The van der Waals surface area contributed by atoms with Crippen molar-refractivity contribution >= 4 is 11.6 Å². The van der Waals surface area contributed by atoms with Gasteiger partial charge < -0.3 is 15.2 Å². The van der Waals surface area contributed by atoms with Crippen LogP contribution >= 0.6 is 11.6 Å². The lowest BCUT2D eigenvalue weighted by Crippen LogP contribution is -2.11. The van der Waals surface area contributed by atoms with Gasteiger partial charge in [0.05, 0.1) is 0 Å². The summed E-state index contributed by atoms with van der Waals surface area (Å²) in [4.78, 5) is 0. The van der Waals surface area contributed by atoms with E-state index in [9.17, 15) is 0 Å². The minimum Gasteiger partial charge on any atom is -0.490 e. The Morgan fingerprint density at radius 1 is 1.00 bits per heavy atom. The van der Waals surface area contributed by atoms with Crippen LogP contribution < -0.4 is 15.2 Å². The zero-order valence-corrected chi connectivity index (χ0v) is 13.6. The van der Waals surface area contributed by atoms with Crippen LogP contribution in [0.2, 0.25) is 5.02 Å². The lowest BCUT2D eigenvalue weighted by molar-refractivity contribution is 0.216. The van der Waals surface area contributed by atoms with Gasteiger partial charge >= 0.3 is 0 Å². The van der Waals surface area contributed by atoms with Gasteiger partial charge in [-0.2, -0.15) is 0 Å². The molecule has 0 aliphatic heterocycles. The Morgan fingerprint density at radius 3 is 2.41 bits per heavy atom. The Kier molecular flexibility index (Phi) is 6.56. The third-order valence-corrected chi connectivity index (χ3v) is 3.61. The molecule has 22 heavy (non-hydrogen) atoms. The molecular formula is C18H22ClNO2. The van der Waals surface area contributed by atoms with Crippen LogP contribution in [0.1, 0.15) is 18.1 Å². The molecule has 0 radical (unpaired) electrons. The summed E-state index contributed by atoms with van der Waals surface area (Å²) in [6.07, 6.45) is 1.78. The maximum atomic E-state index is 6.00. The van der Waals surface area contributed by atoms with E-state index in [-0.39, 0.29) is 0 Å². The zero-order chi connectivity index (χ0) is 15.8. The van der Waals surface area contributed by atoms with Crippen LogP contribution in [0, 0.1) is 0 Å². The van der Waals surface area contributed by atoms with Crippen molar-refractivity contribution in [3.63, 3.8) is 0 Å². The maximum Gasteiger partial charge on any atom is 0.122 e. The minimum absolute atomic E-state index is 0.481. The van der Waals surface area contributed by atoms with Crippen molar-refractivity contribution in [3.8, 4) is 11.5 Å². The van der Waals surface area contributed by atoms with Gasteiger partial charge in [-0.3, -0.25) is 0 Å². The van der Waals surface area contributed by atoms with Crippen molar-refractivity contribution in [1.29, 1.82) is 0 Å². The molecule has 0 saturated carbocycles. The number of hydrogen-bond acceptors (Lipinski definition) is 3. The molecule has 4 heteroatoms. The number of ether oxygens (including phenoxy) is 2. The van der Waals surface area contributed by atoms with Gasteiger partial charge in [-0.15, -0.1) is 0 Å². The Labute approximate surface area is 137 Å². The molecule has 0 amide bonds. The normalized spacial score (nSPS) is 10.5. The first-order valence-corrected chi connectivity index (χ1v) is 7.93. The SMILES string of the molecule is CCc1ccc(OCCOc2ccc(Cl)cc2CCN)cc1. The highest BCUT2D eigenvalue weighted by Crippen LogP contribution is 2.23. The Morgan fingerprint density at radius 2 is 1.73 bits per heavy atom. The third kappa shape index (κ3) is 4.93. The fourth-order valence-corrected chi connectivity index (χ4v) is 2.37. The van der Waals surface area contributed by atoms with Crippen molar-refractivity contribution < 1.29 is 9.47 Å². The summed E-state index contributed by atoms with van der Waals surface area (Å²) in [5.74, 6) is 1.68. The smallest absolute Gasteiger partial charge is 0.122 e. The van der Waals surface area contributed by atoms with Crippen LogP contribution in [-0.4, -0.2) is 19.8 Å². The highest BCUT2D eigenvalue weighted by atomic mass is 35.5. The summed E-state index contributed by atoms with van der Waals surface area (Å²) in [5.41, 5.74) is 7.94. The highest BCUT2D eigenvalue weighted by molar-refractivity contribution is 6.30. The van der Waals surface area contributed by atoms with E-state index in [0.29, 0.717) is 24.8 Å². The van der Waals surface area contributed by atoms with Gasteiger partial charge in [0.15, 0.2) is 0 Å². The number of benzene rings is 2. The highest BCUT2D eigenvalue weighted by Gasteiger charge is 2.04. The van der Waals surface area contributed by atoms with E-state index in [4.69, 9.17) is 26.8 Å². The first kappa shape index (κ1) is 16.7. The van der Waals surface area contributed by atoms with E-state index in [1.54, 1.807) is 0 Å². The fraction of sp³-hybridized carbons (Fsp3) is 0.333. The second-order valence-electron chi connectivity index (χ2n) is 4.99. The van der Waals surface area contributed by atoms with E-state index >= 15 is 0 Å². The molecule has 0 saturated heterocycles. The first-order chi connectivity index (χ1) is 10.7. The van der Waals surface area contributed by atoms with Gasteiger partial charge in [0, 0.05) is 5.02 Å². The molecule has 118 valence electrons. The van der Waals surface area contributed by atoms with Gasteiger partial charge in [-0.05, 0) is 60.8 Å². The molecule has 2 rings (SSSR count). The number of aryl methyl sites for hydroxylation is 1. The Balaban J connectivity index is 1.83. The summed E-state index contributed by atoms with van der Waals surface area (Å²) < 4.78 is 11.4. The molecular weight excluding hydrogens is 298 g/mol. The molecule has 3 nitrogen and oxygen atoms in total. The number of hydrogen-bond donors (Lipinski definition) is 1. The lowest BCUT2D eigenvalue weighted by Gasteiger charge is -2.12. The summed E-state index contributed by atoms with van der Waals surface area (Å²) >= 11 is 6.00. The minimum atomic E-state index is 0.481. The van der Waals surface area contributed by atoms with Gasteiger partial charge in [-0.1, -0.05) is 30.7 Å². The summed E-state index contributed by atoms with van der Waals surface area (Å²) in [6, 6.07) is 13.7. The largest absolute Gasteiger partial charge is 0.490 e. The van der Waals surface area contributed by atoms with Crippen LogP contribution in [0.4, 0.5) is 0 Å². The molecule has 2 aromatic carbocycles. The summed E-state index contributed by atoms with van der Waals surface area (Å²) in [5, 5.41) is 0.697. The standard InChI is InChI=1S/C18H22ClNO2/c1-2-14-3-6-17(7-4-14)21-11-12-22-18-8-5-16(19)13-15(18)9-10-20/h3-8,13H,2,9-12,20H2,1H3. The molecule has 0 aromatic heterocycles. The third-order valence-electron chi connectivity index (χ3n) is 3.38. The molecule has 0 atom stereocenters. The van der Waals surface area contributed by atoms with Crippen molar-refractivity contribution in [2.24, 2.45) is 5.73 Å². The first-order valence-electron chi connectivity index (χ1n) is 7.56. The number of rotatable bonds is 8. The topological polar surface area (TPSA) is 44.5 Å². The summed E-state index contributed by atoms with van der Waals surface area (Å²) in [7, 11) is 0. The van der Waals surface area contributed by atoms with Crippen LogP contribution in [-0.2, 0) is 12.8 Å². The second kappa shape index (κ2) is 8.66. The Bertz CT molecular complexity index is 584. The molecule has 0 aliphatic rings. The predicted molar refractivity (Wildman–Crippen MR) is 91.0 cm³/mol. The van der Waals surface area contributed by atoms with E-state index in [0.717, 1.165) is 29.9 Å². The second-order valence-corrected chi connectivity index (χ2v) is 5.42. The van der Waals surface area contributed by atoms with E-state index < -0.39 is 0 Å². The molecule has 0 fully saturated rings. The molecule has 2 N–H and O–H groups in total. The van der Waals surface area contributed by atoms with Gasteiger partial charge in [0.1, 0.15) is 24.7 Å². The molecule has 0 bridgehead atoms. The van der Waals surface area contributed by atoms with Crippen molar-refractivity contribution in [2.75, 3.05) is 19.8 Å². The fourth-order valence-electron chi connectivity index (χ4n) is 2.17. The van der Waals surface area contributed by atoms with E-state index in [1.165, 1.54) is 5.56 Å². The van der Waals surface area contributed by atoms with Gasteiger partial charge in [0.25, 0.3) is 0 Å².